The van der Waals surface area contributed by atoms with Crippen LogP contribution in [0.4, 0.5) is 0 Å². The molecular formula is C56H48N3OPt-. The number of aromatic nitrogens is 3. The van der Waals surface area contributed by atoms with Gasteiger partial charge in [-0.1, -0.05) is 158 Å². The van der Waals surface area contributed by atoms with E-state index in [1.165, 1.54) is 0 Å². The Balaban J connectivity index is 0.00000608. The molecule has 9 rings (SSSR count). The second-order valence-corrected chi connectivity index (χ2v) is 16.6. The predicted octanol–water partition coefficient (Wildman–Crippen LogP) is 14.5. The fourth-order valence-electron chi connectivity index (χ4n) is 8.05. The minimum Gasteiger partial charge on any atom is -0.507 e. The molecule has 1 N–H and O–H groups in total. The number of phenolic OH excluding ortho intramolecular Hbond substituents is 1. The number of fused-ring (bicyclic) bond motifs is 1. The van der Waals surface area contributed by atoms with Gasteiger partial charge in [-0.15, -0.1) is 23.8 Å². The molecule has 0 aliphatic carbocycles. The van der Waals surface area contributed by atoms with Gasteiger partial charge in [0.25, 0.3) is 0 Å². The van der Waals surface area contributed by atoms with E-state index in [0.29, 0.717) is 39.4 Å². The maximum Gasteiger partial charge on any atom is 0.148 e. The third-order valence-electron chi connectivity index (χ3n) is 11.2. The zero-order chi connectivity index (χ0) is 46.7. The molecule has 4 nitrogen and oxygen atoms in total. The first-order valence-electron chi connectivity index (χ1n) is 23.1. The third kappa shape index (κ3) is 8.13. The van der Waals surface area contributed by atoms with E-state index in [-0.39, 0.29) is 43.4 Å². The van der Waals surface area contributed by atoms with Crippen molar-refractivity contribution in [3.05, 3.63) is 192 Å². The van der Waals surface area contributed by atoms with Crippen molar-refractivity contribution >= 4 is 11.0 Å². The minimum absolute atomic E-state index is 0. The molecule has 0 amide bonds. The number of aromatic hydroxyl groups is 1. The summed E-state index contributed by atoms with van der Waals surface area (Å²) >= 11 is 0. The molecule has 0 spiro atoms. The van der Waals surface area contributed by atoms with E-state index < -0.39 is 13.7 Å². The number of pyridine rings is 1. The Morgan fingerprint density at radius 3 is 2.02 bits per heavy atom. The van der Waals surface area contributed by atoms with Crippen molar-refractivity contribution in [2.45, 2.75) is 53.7 Å². The fourth-order valence-corrected chi connectivity index (χ4v) is 8.05. The Kier molecular flexibility index (Phi) is 9.35. The number of imidazole rings is 1. The van der Waals surface area contributed by atoms with Crippen molar-refractivity contribution in [1.29, 1.82) is 0 Å². The van der Waals surface area contributed by atoms with Crippen LogP contribution in [0.2, 0.25) is 0 Å². The van der Waals surface area contributed by atoms with E-state index in [0.717, 1.165) is 61.2 Å². The maximum absolute atomic E-state index is 11.8. The van der Waals surface area contributed by atoms with Gasteiger partial charge in [0.15, 0.2) is 0 Å². The van der Waals surface area contributed by atoms with Gasteiger partial charge < -0.3 is 5.11 Å². The molecule has 2 heterocycles. The van der Waals surface area contributed by atoms with Gasteiger partial charge in [-0.2, -0.15) is 0 Å². The Hall–Kier alpha value is -6.35. The third-order valence-corrected chi connectivity index (χ3v) is 11.2. The molecule has 304 valence electrons. The molecule has 0 radical (unpaired) electrons. The van der Waals surface area contributed by atoms with Crippen molar-refractivity contribution in [2.24, 2.45) is 0 Å². The van der Waals surface area contributed by atoms with Crippen molar-refractivity contribution in [2.75, 3.05) is 0 Å². The van der Waals surface area contributed by atoms with Crippen LogP contribution in [0.3, 0.4) is 0 Å². The van der Waals surface area contributed by atoms with Crippen molar-refractivity contribution in [3.8, 4) is 78.6 Å². The summed E-state index contributed by atoms with van der Waals surface area (Å²) in [4.78, 5) is 10.3. The van der Waals surface area contributed by atoms with Crippen LogP contribution in [0.25, 0.3) is 83.9 Å². The van der Waals surface area contributed by atoms with E-state index >= 15 is 0 Å². The van der Waals surface area contributed by atoms with Crippen LogP contribution in [0, 0.1) is 33.6 Å². The molecule has 2 aromatic heterocycles. The Morgan fingerprint density at radius 2 is 1.28 bits per heavy atom. The first-order chi connectivity index (χ1) is 31.3. The fraction of sp³-hybridized carbons (Fsp3) is 0.143. The molecule has 0 saturated heterocycles. The second-order valence-electron chi connectivity index (χ2n) is 16.6. The normalized spacial score (nSPS) is 13.3. The van der Waals surface area contributed by atoms with Gasteiger partial charge in [0.1, 0.15) is 11.6 Å². The average molecular weight is 980 g/mol. The number of hydrogen-bond donors (Lipinski definition) is 1. The van der Waals surface area contributed by atoms with Crippen LogP contribution in [-0.4, -0.2) is 19.6 Å². The van der Waals surface area contributed by atoms with Crippen LogP contribution in [0.1, 0.15) is 56.8 Å². The smallest absolute Gasteiger partial charge is 0.148 e. The summed E-state index contributed by atoms with van der Waals surface area (Å²) in [6.07, 6.45) is 1.75. The van der Waals surface area contributed by atoms with Crippen LogP contribution in [-0.2, 0) is 26.5 Å². The molecule has 0 atom stereocenters. The number of benzene rings is 7. The topological polar surface area (TPSA) is 50.9 Å². The summed E-state index contributed by atoms with van der Waals surface area (Å²) in [5.74, 6) is 0.599. The molecule has 0 unspecified atom stereocenters. The monoisotopic (exact) mass is 979 g/mol. The Labute approximate surface area is 382 Å². The number of para-hydroxylation sites is 1. The summed E-state index contributed by atoms with van der Waals surface area (Å²) in [5.41, 5.74) is 14.1. The van der Waals surface area contributed by atoms with E-state index in [2.05, 4.69) is 63.2 Å². The second kappa shape index (κ2) is 16.6. The summed E-state index contributed by atoms with van der Waals surface area (Å²) in [6.45, 7) is 5.79. The van der Waals surface area contributed by atoms with Gasteiger partial charge in [0.2, 0.25) is 0 Å². The van der Waals surface area contributed by atoms with E-state index in [1.807, 2.05) is 109 Å². The largest absolute Gasteiger partial charge is 0.507 e. The van der Waals surface area contributed by atoms with Crippen molar-refractivity contribution < 1.29 is 34.4 Å². The van der Waals surface area contributed by atoms with Crippen LogP contribution < -0.4 is 0 Å². The quantitative estimate of drug-likeness (QED) is 0.162. The predicted molar refractivity (Wildman–Crippen MR) is 250 cm³/mol. The minimum atomic E-state index is -2.35. The van der Waals surface area contributed by atoms with E-state index in [9.17, 15) is 5.11 Å². The first kappa shape index (κ1) is 34.4. The van der Waals surface area contributed by atoms with Gasteiger partial charge >= 0.3 is 0 Å². The molecule has 0 fully saturated rings. The molecule has 0 saturated carbocycles. The van der Waals surface area contributed by atoms with Crippen molar-refractivity contribution in [3.63, 3.8) is 0 Å². The Bertz CT molecular complexity index is 3280. The SMILES string of the molecule is [2H]C([2H])([2H])c1ccc(-c2ccnc(-c3[c-]c(-c4cccc5c4nc(-c4cc(C)cc(C)c4O)n5-c4ccc(C([2H])([2H])[2H])cc4-c4ccc(C(C)(C)C)cc4)cc(-c4ccccc4)c3)c2)cc1.[Pt]. The van der Waals surface area contributed by atoms with Crippen LogP contribution >= 0.6 is 0 Å². The number of aryl methyl sites for hydroxylation is 4. The molecule has 9 aromatic rings. The van der Waals surface area contributed by atoms with Gasteiger partial charge in [-0.05, 0) is 102 Å². The zero-order valence-electron chi connectivity index (χ0n) is 40.6. The Morgan fingerprint density at radius 1 is 0.590 bits per heavy atom. The number of nitrogens with zero attached hydrogens (tertiary/aromatic N) is 3. The summed E-state index contributed by atoms with van der Waals surface area (Å²) < 4.78 is 50.7. The van der Waals surface area contributed by atoms with E-state index in [1.54, 1.807) is 30.5 Å². The molecule has 0 aliphatic heterocycles. The standard InChI is InChI=1S/C56H48N3O.Pt/c1-35-16-19-40(20-17-35)42-26-27-57-50(34-42)45-32-43(39-12-9-8-10-13-39)31-44(33-45)47-14-11-15-52-53(47)58-55(49-30-37(3)28-38(4)54(49)60)59(52)51-25-18-36(2)29-48(51)41-21-23-46(24-22-41)56(5,6)7;/h8-32,34,60H,1-7H3;/q-1;/i1D3,2D3;. The molecular weight excluding hydrogens is 926 g/mol. The van der Waals surface area contributed by atoms with Gasteiger partial charge in [-0.25, -0.2) is 4.98 Å². The average Bonchev–Trinajstić information content (AvgIpc) is 3.69. The molecule has 5 heteroatoms. The zero-order valence-corrected chi connectivity index (χ0v) is 36.9. The number of phenols is 1. The van der Waals surface area contributed by atoms with Gasteiger partial charge in [0, 0.05) is 46.7 Å². The number of rotatable bonds is 7. The van der Waals surface area contributed by atoms with Gasteiger partial charge in [-0.3, -0.25) is 9.55 Å². The van der Waals surface area contributed by atoms with Crippen LogP contribution in [0.15, 0.2) is 158 Å². The summed E-state index contributed by atoms with van der Waals surface area (Å²) in [5, 5.41) is 11.8. The van der Waals surface area contributed by atoms with Crippen molar-refractivity contribution in [1.82, 2.24) is 14.5 Å². The summed E-state index contributed by atoms with van der Waals surface area (Å²) in [6, 6.07) is 52.2. The number of hydrogen-bond acceptors (Lipinski definition) is 3. The van der Waals surface area contributed by atoms with Gasteiger partial charge in [0.05, 0.1) is 22.3 Å². The first-order valence-corrected chi connectivity index (χ1v) is 20.1. The molecule has 0 bridgehead atoms. The van der Waals surface area contributed by atoms with Crippen LogP contribution in [0.5, 0.6) is 5.75 Å². The van der Waals surface area contributed by atoms with E-state index in [4.69, 9.17) is 18.2 Å². The molecule has 0 aliphatic rings. The molecule has 7 aromatic carbocycles. The maximum atomic E-state index is 11.8. The summed E-state index contributed by atoms with van der Waals surface area (Å²) in [7, 11) is 0. The molecule has 61 heavy (non-hydrogen) atoms.